The van der Waals surface area contributed by atoms with E-state index in [2.05, 4.69) is 45.7 Å². The highest BCUT2D eigenvalue weighted by atomic mass is 79.9. The van der Waals surface area contributed by atoms with Crippen LogP contribution in [0.2, 0.25) is 0 Å². The molecule has 0 saturated carbocycles. The molecule has 0 bridgehead atoms. The summed E-state index contributed by atoms with van der Waals surface area (Å²) in [4.78, 5) is 26.5. The van der Waals surface area contributed by atoms with Crippen LogP contribution in [0.5, 0.6) is 5.75 Å². The molecule has 5 nitrogen and oxygen atoms in total. The van der Waals surface area contributed by atoms with E-state index in [1.807, 2.05) is 31.2 Å². The van der Waals surface area contributed by atoms with Crippen molar-refractivity contribution in [2.24, 2.45) is 11.8 Å². The van der Waals surface area contributed by atoms with Crippen LogP contribution in [0, 0.1) is 18.8 Å². The first-order valence-electron chi connectivity index (χ1n) is 10.3. The van der Waals surface area contributed by atoms with Crippen LogP contribution in [0.4, 0.5) is 0 Å². The van der Waals surface area contributed by atoms with E-state index < -0.39 is 5.97 Å². The largest absolute Gasteiger partial charge is 0.487 e. The Morgan fingerprint density at radius 1 is 1.03 bits per heavy atom. The number of halogens is 2. The average Bonchev–Trinajstić information content (AvgIpc) is 2.70. The number of ether oxygens (including phenoxy) is 2. The molecule has 0 aliphatic carbocycles. The van der Waals surface area contributed by atoms with E-state index in [1.165, 1.54) is 0 Å². The number of amides is 1. The molecule has 1 fully saturated rings. The average molecular weight is 553 g/mol. The molecule has 0 radical (unpaired) electrons. The first-order chi connectivity index (χ1) is 14.7. The third kappa shape index (κ3) is 6.56. The van der Waals surface area contributed by atoms with Crippen LogP contribution in [0.25, 0.3) is 0 Å². The highest BCUT2D eigenvalue weighted by molar-refractivity contribution is 9.11. The molecule has 31 heavy (non-hydrogen) atoms. The second kappa shape index (κ2) is 10.6. The van der Waals surface area contributed by atoms with Crippen molar-refractivity contribution < 1.29 is 19.1 Å². The fourth-order valence-electron chi connectivity index (χ4n) is 3.89. The number of hydrogen-bond donors (Lipinski definition) is 0. The minimum absolute atomic E-state index is 0.133. The quantitative estimate of drug-likeness (QED) is 0.427. The summed E-state index contributed by atoms with van der Waals surface area (Å²) < 4.78 is 12.9. The summed E-state index contributed by atoms with van der Waals surface area (Å²) in [5.74, 6) is 1.04. The normalized spacial score (nSPS) is 18.5. The number of benzene rings is 2. The number of likely N-dealkylation sites (tertiary alicyclic amines) is 1. The van der Waals surface area contributed by atoms with Crippen molar-refractivity contribution in [1.29, 1.82) is 0 Å². The molecule has 0 aromatic heterocycles. The Hall–Kier alpha value is -1.86. The van der Waals surface area contributed by atoms with Gasteiger partial charge in [-0.3, -0.25) is 4.79 Å². The van der Waals surface area contributed by atoms with Crippen LogP contribution in [-0.4, -0.2) is 36.5 Å². The Bertz CT molecular complexity index is 912. The number of rotatable bonds is 6. The zero-order valence-corrected chi connectivity index (χ0v) is 21.2. The first-order valence-corrected chi connectivity index (χ1v) is 11.9. The van der Waals surface area contributed by atoms with Gasteiger partial charge in [0.15, 0.2) is 6.61 Å². The summed E-state index contributed by atoms with van der Waals surface area (Å²) in [5.41, 5.74) is 2.45. The molecular formula is C24H27Br2NO4. The van der Waals surface area contributed by atoms with Crippen molar-refractivity contribution in [3.8, 4) is 5.75 Å². The molecule has 2 unspecified atom stereocenters. The van der Waals surface area contributed by atoms with Gasteiger partial charge in [-0.2, -0.15) is 0 Å². The molecule has 2 aromatic carbocycles. The number of carbonyl (C=O) groups excluding carboxylic acids is 2. The lowest BCUT2D eigenvalue weighted by molar-refractivity contribution is -0.137. The van der Waals surface area contributed by atoms with E-state index in [1.54, 1.807) is 17.0 Å². The summed E-state index contributed by atoms with van der Waals surface area (Å²) in [6, 6.07) is 11.0. The maximum absolute atomic E-state index is 12.4. The molecule has 1 amide bonds. The van der Waals surface area contributed by atoms with Gasteiger partial charge >= 0.3 is 5.97 Å². The second-order valence-electron chi connectivity index (χ2n) is 8.36. The summed E-state index contributed by atoms with van der Waals surface area (Å²) in [6.07, 6.45) is 1.12. The topological polar surface area (TPSA) is 55.8 Å². The molecule has 1 heterocycles. The molecule has 7 heteroatoms. The van der Waals surface area contributed by atoms with E-state index in [0.29, 0.717) is 24.0 Å². The van der Waals surface area contributed by atoms with E-state index in [4.69, 9.17) is 9.47 Å². The molecular weight excluding hydrogens is 526 g/mol. The van der Waals surface area contributed by atoms with Crippen molar-refractivity contribution in [3.63, 3.8) is 0 Å². The monoisotopic (exact) mass is 551 g/mol. The highest BCUT2D eigenvalue weighted by Crippen LogP contribution is 2.35. The van der Waals surface area contributed by atoms with Gasteiger partial charge in [-0.25, -0.2) is 4.79 Å². The number of nitrogens with zero attached hydrogens (tertiary/aromatic N) is 1. The Balaban J connectivity index is 1.51. The molecule has 0 spiro atoms. The van der Waals surface area contributed by atoms with Gasteiger partial charge in [0.1, 0.15) is 12.4 Å². The van der Waals surface area contributed by atoms with E-state index in [-0.39, 0.29) is 12.5 Å². The summed E-state index contributed by atoms with van der Waals surface area (Å²) in [7, 11) is 0. The van der Waals surface area contributed by atoms with Crippen molar-refractivity contribution in [1.82, 2.24) is 4.90 Å². The lowest BCUT2D eigenvalue weighted by Gasteiger charge is -2.34. The van der Waals surface area contributed by atoms with Gasteiger partial charge in [0.25, 0.3) is 5.91 Å². The van der Waals surface area contributed by atoms with Crippen LogP contribution in [-0.2, 0) is 16.1 Å². The number of piperidine rings is 1. The van der Waals surface area contributed by atoms with E-state index in [9.17, 15) is 9.59 Å². The Labute approximate surface area is 200 Å². The minimum Gasteiger partial charge on any atom is -0.487 e. The van der Waals surface area contributed by atoms with Gasteiger partial charge in [-0.15, -0.1) is 0 Å². The van der Waals surface area contributed by atoms with Gasteiger partial charge in [0.05, 0.1) is 14.5 Å². The van der Waals surface area contributed by atoms with E-state index >= 15 is 0 Å². The second-order valence-corrected chi connectivity index (χ2v) is 10.1. The van der Waals surface area contributed by atoms with Gasteiger partial charge < -0.3 is 14.4 Å². The minimum atomic E-state index is -0.497. The Morgan fingerprint density at radius 2 is 1.61 bits per heavy atom. The zero-order chi connectivity index (χ0) is 22.5. The van der Waals surface area contributed by atoms with Crippen LogP contribution in [0.15, 0.2) is 45.3 Å². The summed E-state index contributed by atoms with van der Waals surface area (Å²) in [6.45, 7) is 7.88. The number of hydrogen-bond acceptors (Lipinski definition) is 4. The Kier molecular flexibility index (Phi) is 8.17. The predicted molar refractivity (Wildman–Crippen MR) is 127 cm³/mol. The van der Waals surface area contributed by atoms with Gasteiger partial charge in [0.2, 0.25) is 0 Å². The van der Waals surface area contributed by atoms with Gasteiger partial charge in [-0.05, 0) is 92.4 Å². The SMILES string of the molecule is Cc1cc(Br)c(OCc2ccc(C(=O)OCC(=O)N3CC(C)CC(C)C3)cc2)c(Br)c1. The fraction of sp³-hybridized carbons (Fsp3) is 0.417. The van der Waals surface area contributed by atoms with Gasteiger partial charge in [0, 0.05) is 13.1 Å². The van der Waals surface area contributed by atoms with Crippen molar-refractivity contribution in [3.05, 3.63) is 62.0 Å². The maximum atomic E-state index is 12.4. The predicted octanol–water partition coefficient (Wildman–Crippen LogP) is 5.76. The molecule has 3 rings (SSSR count). The third-order valence-corrected chi connectivity index (χ3v) is 6.44. The van der Waals surface area contributed by atoms with Crippen LogP contribution in [0.1, 0.15) is 41.8 Å². The molecule has 1 aliphatic rings. The fourth-order valence-corrected chi connectivity index (χ4v) is 5.53. The molecule has 1 saturated heterocycles. The number of carbonyl (C=O) groups is 2. The van der Waals surface area contributed by atoms with Crippen molar-refractivity contribution >= 4 is 43.7 Å². The smallest absolute Gasteiger partial charge is 0.338 e. The zero-order valence-electron chi connectivity index (χ0n) is 18.0. The van der Waals surface area contributed by atoms with Crippen LogP contribution >= 0.6 is 31.9 Å². The molecule has 2 aromatic rings. The molecule has 0 N–H and O–H groups in total. The molecule has 1 aliphatic heterocycles. The van der Waals surface area contributed by atoms with Gasteiger partial charge in [-0.1, -0.05) is 26.0 Å². The Morgan fingerprint density at radius 3 is 2.19 bits per heavy atom. The summed E-state index contributed by atoms with van der Waals surface area (Å²) in [5, 5.41) is 0. The molecule has 166 valence electrons. The highest BCUT2D eigenvalue weighted by Gasteiger charge is 2.26. The third-order valence-electron chi connectivity index (χ3n) is 5.26. The van der Waals surface area contributed by atoms with Crippen molar-refractivity contribution in [2.45, 2.75) is 33.8 Å². The van der Waals surface area contributed by atoms with Crippen LogP contribution < -0.4 is 4.74 Å². The summed E-state index contributed by atoms with van der Waals surface area (Å²) >= 11 is 7.04. The number of esters is 1. The van der Waals surface area contributed by atoms with E-state index in [0.717, 1.165) is 45.3 Å². The lowest BCUT2D eigenvalue weighted by Crippen LogP contribution is -2.44. The maximum Gasteiger partial charge on any atom is 0.338 e. The van der Waals surface area contributed by atoms with Crippen LogP contribution in [0.3, 0.4) is 0 Å². The standard InChI is InChI=1S/C24H27Br2NO4/c1-15-9-20(25)23(21(26)10-15)30-13-18-4-6-19(7-5-18)24(29)31-14-22(28)27-11-16(2)8-17(3)12-27/h4-7,9-10,16-17H,8,11-14H2,1-3H3. The van der Waals surface area contributed by atoms with Crippen molar-refractivity contribution in [2.75, 3.05) is 19.7 Å². The number of aryl methyl sites for hydroxylation is 1. The lowest BCUT2D eigenvalue weighted by atomic mass is 9.92. The first kappa shape index (κ1) is 23.8. The molecule has 2 atom stereocenters.